The van der Waals surface area contributed by atoms with Crippen LogP contribution in [0.5, 0.6) is 0 Å². The quantitative estimate of drug-likeness (QED) is 0.775. The average molecular weight is 223 g/mol. The highest BCUT2D eigenvalue weighted by molar-refractivity contribution is 5.23. The van der Waals surface area contributed by atoms with Crippen molar-refractivity contribution in [3.8, 4) is 0 Å². The second-order valence-electron chi connectivity index (χ2n) is 4.11. The first-order valence-corrected chi connectivity index (χ1v) is 6.22. The van der Waals surface area contributed by atoms with E-state index in [1.54, 1.807) is 12.1 Å². The van der Waals surface area contributed by atoms with Crippen LogP contribution in [0.1, 0.15) is 45.1 Å². The summed E-state index contributed by atoms with van der Waals surface area (Å²) >= 11 is 0. The fourth-order valence-corrected chi connectivity index (χ4v) is 2.33. The summed E-state index contributed by atoms with van der Waals surface area (Å²) in [7, 11) is 0. The molecule has 0 aliphatic rings. The number of likely N-dealkylation sites (N-methyl/N-ethyl adjacent to an activating group) is 1. The van der Waals surface area contributed by atoms with Crippen LogP contribution in [0.25, 0.3) is 0 Å². The highest BCUT2D eigenvalue weighted by atomic mass is 19.1. The lowest BCUT2D eigenvalue weighted by Gasteiger charge is -2.26. The first-order chi connectivity index (χ1) is 7.74. The van der Waals surface area contributed by atoms with Crippen LogP contribution in [0, 0.1) is 5.82 Å². The van der Waals surface area contributed by atoms with E-state index < -0.39 is 0 Å². The Hall–Kier alpha value is -0.890. The van der Waals surface area contributed by atoms with Crippen molar-refractivity contribution >= 4 is 0 Å². The van der Waals surface area contributed by atoms with Crippen molar-refractivity contribution in [2.24, 2.45) is 0 Å². The van der Waals surface area contributed by atoms with E-state index in [2.05, 4.69) is 26.1 Å². The zero-order valence-electron chi connectivity index (χ0n) is 10.5. The number of hydrogen-bond donors (Lipinski definition) is 1. The van der Waals surface area contributed by atoms with Gasteiger partial charge in [-0.15, -0.1) is 0 Å². The largest absolute Gasteiger partial charge is 0.314 e. The van der Waals surface area contributed by atoms with Crippen LogP contribution in [-0.4, -0.2) is 12.6 Å². The Morgan fingerprint density at radius 2 is 1.81 bits per heavy atom. The average Bonchev–Trinajstić information content (AvgIpc) is 2.31. The molecule has 0 radical (unpaired) electrons. The van der Waals surface area contributed by atoms with Gasteiger partial charge in [0.1, 0.15) is 5.82 Å². The Labute approximate surface area is 98.1 Å². The predicted octanol–water partition coefficient (Wildman–Crippen LogP) is 3.71. The van der Waals surface area contributed by atoms with E-state index >= 15 is 0 Å². The van der Waals surface area contributed by atoms with Crippen LogP contribution in [-0.2, 0) is 0 Å². The molecule has 0 saturated carbocycles. The molecule has 0 heterocycles. The molecule has 2 atom stereocenters. The third-order valence-electron chi connectivity index (χ3n) is 3.14. The van der Waals surface area contributed by atoms with Gasteiger partial charge in [0.15, 0.2) is 0 Å². The predicted molar refractivity (Wildman–Crippen MR) is 67.2 cm³/mol. The molecule has 1 nitrogen and oxygen atoms in total. The van der Waals surface area contributed by atoms with Gasteiger partial charge in [-0.3, -0.25) is 0 Å². The lowest BCUT2D eigenvalue weighted by atomic mass is 9.87. The molecule has 2 unspecified atom stereocenters. The van der Waals surface area contributed by atoms with Gasteiger partial charge in [0, 0.05) is 12.0 Å². The Balaban J connectivity index is 2.92. The van der Waals surface area contributed by atoms with Gasteiger partial charge in [0.2, 0.25) is 0 Å². The van der Waals surface area contributed by atoms with E-state index in [0.717, 1.165) is 24.9 Å². The molecule has 1 rings (SSSR count). The molecule has 0 spiro atoms. The summed E-state index contributed by atoms with van der Waals surface area (Å²) in [6, 6.07) is 7.49. The van der Waals surface area contributed by atoms with Gasteiger partial charge in [-0.2, -0.15) is 0 Å². The molecule has 0 aromatic heterocycles. The van der Waals surface area contributed by atoms with E-state index in [9.17, 15) is 4.39 Å². The smallest absolute Gasteiger partial charge is 0.126 e. The molecule has 0 saturated heterocycles. The van der Waals surface area contributed by atoms with Crippen molar-refractivity contribution in [1.29, 1.82) is 0 Å². The zero-order chi connectivity index (χ0) is 12.0. The third kappa shape index (κ3) is 3.05. The highest BCUT2D eigenvalue weighted by Gasteiger charge is 2.21. The number of hydrogen-bond acceptors (Lipinski definition) is 1. The minimum Gasteiger partial charge on any atom is -0.314 e. The Kier molecular flexibility index (Phi) is 5.47. The van der Waals surface area contributed by atoms with Crippen molar-refractivity contribution in [2.75, 3.05) is 6.54 Å². The van der Waals surface area contributed by atoms with Crippen molar-refractivity contribution < 1.29 is 4.39 Å². The zero-order valence-corrected chi connectivity index (χ0v) is 10.5. The van der Waals surface area contributed by atoms with Gasteiger partial charge >= 0.3 is 0 Å². The summed E-state index contributed by atoms with van der Waals surface area (Å²) in [6.07, 6.45) is 1.99. The maximum Gasteiger partial charge on any atom is 0.126 e. The molecule has 90 valence electrons. The molecule has 1 aromatic carbocycles. The second kappa shape index (κ2) is 6.64. The SMILES string of the molecule is CCNC(CC)C(CC)c1ccccc1F. The summed E-state index contributed by atoms with van der Waals surface area (Å²) in [5.41, 5.74) is 0.845. The van der Waals surface area contributed by atoms with E-state index in [1.165, 1.54) is 0 Å². The molecule has 0 aliphatic heterocycles. The Bertz CT molecular complexity index is 311. The summed E-state index contributed by atoms with van der Waals surface area (Å²) in [6.45, 7) is 7.30. The van der Waals surface area contributed by atoms with E-state index in [0.29, 0.717) is 6.04 Å². The topological polar surface area (TPSA) is 12.0 Å². The van der Waals surface area contributed by atoms with Crippen molar-refractivity contribution in [2.45, 2.75) is 45.6 Å². The maximum absolute atomic E-state index is 13.7. The van der Waals surface area contributed by atoms with Crippen LogP contribution in [0.4, 0.5) is 4.39 Å². The van der Waals surface area contributed by atoms with Crippen LogP contribution in [0.15, 0.2) is 24.3 Å². The molecule has 2 heteroatoms. The van der Waals surface area contributed by atoms with Gasteiger partial charge in [-0.05, 0) is 31.0 Å². The Morgan fingerprint density at radius 3 is 2.31 bits per heavy atom. The lowest BCUT2D eigenvalue weighted by Crippen LogP contribution is -2.34. The second-order valence-corrected chi connectivity index (χ2v) is 4.11. The normalized spacial score (nSPS) is 14.8. The third-order valence-corrected chi connectivity index (χ3v) is 3.14. The van der Waals surface area contributed by atoms with Gasteiger partial charge in [0.05, 0.1) is 0 Å². The molecule has 16 heavy (non-hydrogen) atoms. The summed E-state index contributed by atoms with van der Waals surface area (Å²) in [4.78, 5) is 0. The van der Waals surface area contributed by atoms with Crippen LogP contribution >= 0.6 is 0 Å². The van der Waals surface area contributed by atoms with Gasteiger partial charge < -0.3 is 5.32 Å². The van der Waals surface area contributed by atoms with Gasteiger partial charge in [-0.1, -0.05) is 39.0 Å². The van der Waals surface area contributed by atoms with Crippen LogP contribution < -0.4 is 5.32 Å². The van der Waals surface area contributed by atoms with E-state index in [4.69, 9.17) is 0 Å². The fourth-order valence-electron chi connectivity index (χ4n) is 2.33. The molecule has 0 fully saturated rings. The van der Waals surface area contributed by atoms with Crippen LogP contribution in [0.3, 0.4) is 0 Å². The van der Waals surface area contributed by atoms with Crippen LogP contribution in [0.2, 0.25) is 0 Å². The molecule has 0 amide bonds. The lowest BCUT2D eigenvalue weighted by molar-refractivity contribution is 0.408. The minimum atomic E-state index is -0.0781. The summed E-state index contributed by atoms with van der Waals surface area (Å²) in [5.74, 6) is 0.192. The monoisotopic (exact) mass is 223 g/mol. The Morgan fingerprint density at radius 1 is 1.12 bits per heavy atom. The molecule has 0 aliphatic carbocycles. The fraction of sp³-hybridized carbons (Fsp3) is 0.571. The maximum atomic E-state index is 13.7. The van der Waals surface area contributed by atoms with Gasteiger partial charge in [0.25, 0.3) is 0 Å². The van der Waals surface area contributed by atoms with Crippen molar-refractivity contribution in [3.05, 3.63) is 35.6 Å². The van der Waals surface area contributed by atoms with Crippen molar-refractivity contribution in [3.63, 3.8) is 0 Å². The molecule has 0 bridgehead atoms. The number of rotatable bonds is 6. The standard InChI is InChI=1S/C14H22FN/c1-4-11(14(5-2)16-6-3)12-9-7-8-10-13(12)15/h7-11,14,16H,4-6H2,1-3H3. The highest BCUT2D eigenvalue weighted by Crippen LogP contribution is 2.27. The first-order valence-electron chi connectivity index (χ1n) is 6.22. The number of benzene rings is 1. The molecular weight excluding hydrogens is 201 g/mol. The number of nitrogens with one attached hydrogen (secondary N) is 1. The van der Waals surface area contributed by atoms with Crippen molar-refractivity contribution in [1.82, 2.24) is 5.32 Å². The van der Waals surface area contributed by atoms with E-state index in [-0.39, 0.29) is 11.7 Å². The summed E-state index contributed by atoms with van der Waals surface area (Å²) in [5, 5.41) is 3.44. The molecule has 1 aromatic rings. The summed E-state index contributed by atoms with van der Waals surface area (Å²) < 4.78 is 13.7. The first kappa shape index (κ1) is 13.2. The molecule has 1 N–H and O–H groups in total. The molecular formula is C14H22FN. The van der Waals surface area contributed by atoms with E-state index in [1.807, 2.05) is 12.1 Å². The number of halogens is 1. The minimum absolute atomic E-state index is 0.0781. The van der Waals surface area contributed by atoms with Gasteiger partial charge in [-0.25, -0.2) is 4.39 Å².